The number of aromatic hydroxyl groups is 1. The Bertz CT molecular complexity index is 1210. The summed E-state index contributed by atoms with van der Waals surface area (Å²) in [5.41, 5.74) is 4.96. The van der Waals surface area contributed by atoms with Crippen LogP contribution in [0.5, 0.6) is 5.75 Å². The number of pyridine rings is 2. The maximum Gasteiger partial charge on any atom is 0.116 e. The monoisotopic (exact) mass is 362 g/mol. The Hall–Kier alpha value is -2.63. The molecule has 27 heavy (non-hydrogen) atoms. The molecule has 0 fully saturated rings. The molecule has 5 rings (SSSR count). The van der Waals surface area contributed by atoms with Gasteiger partial charge in [-0.25, -0.2) is 4.98 Å². The third-order valence-corrected chi connectivity index (χ3v) is 5.87. The number of phenolic OH excluding ortho intramolecular Hbond substituents is 1. The van der Waals surface area contributed by atoms with Crippen LogP contribution >= 0.6 is 0 Å². The zero-order chi connectivity index (χ0) is 18.8. The van der Waals surface area contributed by atoms with E-state index in [1.807, 2.05) is 19.2 Å². The van der Waals surface area contributed by atoms with Crippen LogP contribution in [0.4, 0.5) is 0 Å². The van der Waals surface area contributed by atoms with Crippen LogP contribution in [0.3, 0.4) is 0 Å². The van der Waals surface area contributed by atoms with Crippen molar-refractivity contribution in [2.45, 2.75) is 38.9 Å². The zero-order valence-corrected chi connectivity index (χ0v) is 15.5. The van der Waals surface area contributed by atoms with Crippen molar-refractivity contribution in [3.8, 4) is 5.75 Å². The molecule has 0 radical (unpaired) electrons. The number of hydrogen-bond acceptors (Lipinski definition) is 4. The topological polar surface area (TPSA) is 67.0 Å². The largest absolute Gasteiger partial charge is 0.508 e. The minimum atomic E-state index is -0.956. The van der Waals surface area contributed by atoms with Gasteiger partial charge in [-0.1, -0.05) is 13.8 Å². The van der Waals surface area contributed by atoms with Gasteiger partial charge >= 0.3 is 0 Å². The highest BCUT2D eigenvalue weighted by atomic mass is 16.5. The lowest BCUT2D eigenvalue weighted by Crippen LogP contribution is -2.35. The Labute approximate surface area is 156 Å². The minimum absolute atomic E-state index is 0.253. The Balaban J connectivity index is 1.90. The van der Waals surface area contributed by atoms with E-state index in [9.17, 15) is 10.2 Å². The molecule has 1 aliphatic heterocycles. The molecule has 1 aromatic carbocycles. The lowest BCUT2D eigenvalue weighted by atomic mass is 9.87. The van der Waals surface area contributed by atoms with Crippen molar-refractivity contribution in [3.05, 3.63) is 53.3 Å². The molecular formula is C22H22N2O3. The van der Waals surface area contributed by atoms with Crippen LogP contribution in [0.2, 0.25) is 0 Å². The van der Waals surface area contributed by atoms with Gasteiger partial charge in [0, 0.05) is 28.7 Å². The molecule has 0 amide bonds. The fourth-order valence-corrected chi connectivity index (χ4v) is 4.34. The molecular weight excluding hydrogens is 340 g/mol. The molecule has 4 aromatic rings. The first-order valence-electron chi connectivity index (χ1n) is 9.43. The average Bonchev–Trinajstić information content (AvgIpc) is 3.02. The second kappa shape index (κ2) is 5.68. The normalized spacial score (nSPS) is 19.8. The van der Waals surface area contributed by atoms with E-state index >= 15 is 0 Å². The summed E-state index contributed by atoms with van der Waals surface area (Å²) in [6.07, 6.45) is 5.59. The molecule has 0 aliphatic carbocycles. The van der Waals surface area contributed by atoms with Gasteiger partial charge in [0.25, 0.3) is 0 Å². The van der Waals surface area contributed by atoms with E-state index in [0.717, 1.165) is 44.9 Å². The lowest BCUT2D eigenvalue weighted by Gasteiger charge is -2.33. The first-order chi connectivity index (χ1) is 13.0. The van der Waals surface area contributed by atoms with Crippen LogP contribution in [-0.4, -0.2) is 26.2 Å². The molecule has 0 bridgehead atoms. The van der Waals surface area contributed by atoms with Gasteiger partial charge in [-0.2, -0.15) is 0 Å². The molecule has 2 N–H and O–H groups in total. The molecule has 0 saturated carbocycles. The van der Waals surface area contributed by atoms with E-state index in [1.165, 1.54) is 5.56 Å². The predicted octanol–water partition coefficient (Wildman–Crippen LogP) is 4.04. The van der Waals surface area contributed by atoms with Crippen molar-refractivity contribution in [1.29, 1.82) is 0 Å². The SMILES string of the molecule is CCc1c2cc(O)ccc2nc2c1cn1cc3c(cc21)[C@@](O)(CC)COC3. The van der Waals surface area contributed by atoms with Gasteiger partial charge in [-0.3, -0.25) is 0 Å². The maximum atomic E-state index is 11.0. The van der Waals surface area contributed by atoms with Crippen LogP contribution in [0.25, 0.3) is 27.3 Å². The highest BCUT2D eigenvalue weighted by Gasteiger charge is 2.34. The van der Waals surface area contributed by atoms with Crippen LogP contribution in [-0.2, 0) is 23.4 Å². The van der Waals surface area contributed by atoms with Gasteiger partial charge in [-0.15, -0.1) is 0 Å². The van der Waals surface area contributed by atoms with Crippen molar-refractivity contribution in [2.24, 2.45) is 0 Å². The molecule has 4 heterocycles. The molecule has 1 atom stereocenters. The summed E-state index contributed by atoms with van der Waals surface area (Å²) in [5, 5.41) is 23.0. The van der Waals surface area contributed by atoms with Gasteiger partial charge in [0.1, 0.15) is 11.4 Å². The number of aromatic nitrogens is 2. The summed E-state index contributed by atoms with van der Waals surface area (Å²) in [6, 6.07) is 7.40. The van der Waals surface area contributed by atoms with E-state index in [0.29, 0.717) is 19.6 Å². The van der Waals surface area contributed by atoms with Crippen molar-refractivity contribution in [1.82, 2.24) is 9.38 Å². The highest BCUT2D eigenvalue weighted by Crippen LogP contribution is 2.37. The van der Waals surface area contributed by atoms with Crippen molar-refractivity contribution >= 4 is 27.3 Å². The minimum Gasteiger partial charge on any atom is -0.508 e. The molecule has 5 heteroatoms. The van der Waals surface area contributed by atoms with Crippen LogP contribution < -0.4 is 0 Å². The first kappa shape index (κ1) is 16.5. The molecule has 0 spiro atoms. The number of fused-ring (bicyclic) bond motifs is 5. The average molecular weight is 362 g/mol. The fraction of sp³-hybridized carbons (Fsp3) is 0.318. The van der Waals surface area contributed by atoms with E-state index in [1.54, 1.807) is 12.1 Å². The van der Waals surface area contributed by atoms with Crippen LogP contribution in [0.15, 0.2) is 36.7 Å². The van der Waals surface area contributed by atoms with Crippen molar-refractivity contribution < 1.29 is 14.9 Å². The Morgan fingerprint density at radius 1 is 1.19 bits per heavy atom. The Morgan fingerprint density at radius 2 is 2.04 bits per heavy atom. The van der Waals surface area contributed by atoms with Crippen LogP contribution in [0.1, 0.15) is 37.0 Å². The third kappa shape index (κ3) is 2.28. The first-order valence-corrected chi connectivity index (χ1v) is 9.43. The number of hydrogen-bond donors (Lipinski definition) is 2. The van der Waals surface area contributed by atoms with E-state index < -0.39 is 5.60 Å². The van der Waals surface area contributed by atoms with Gasteiger partial charge < -0.3 is 19.4 Å². The van der Waals surface area contributed by atoms with Gasteiger partial charge in [0.15, 0.2) is 0 Å². The maximum absolute atomic E-state index is 11.0. The van der Waals surface area contributed by atoms with Crippen molar-refractivity contribution in [3.63, 3.8) is 0 Å². The summed E-state index contributed by atoms with van der Waals surface area (Å²) < 4.78 is 7.72. The van der Waals surface area contributed by atoms with E-state index in [-0.39, 0.29) is 5.75 Å². The molecule has 5 nitrogen and oxygen atoms in total. The molecule has 0 unspecified atom stereocenters. The zero-order valence-electron chi connectivity index (χ0n) is 15.5. The number of rotatable bonds is 2. The van der Waals surface area contributed by atoms with Gasteiger partial charge in [0.2, 0.25) is 0 Å². The summed E-state index contributed by atoms with van der Waals surface area (Å²) in [7, 11) is 0. The Kier molecular flexibility index (Phi) is 3.48. The summed E-state index contributed by atoms with van der Waals surface area (Å²) in [4.78, 5) is 4.89. The smallest absolute Gasteiger partial charge is 0.116 e. The summed E-state index contributed by atoms with van der Waals surface area (Å²) >= 11 is 0. The van der Waals surface area contributed by atoms with E-state index in [2.05, 4.69) is 23.6 Å². The molecule has 3 aromatic heterocycles. The van der Waals surface area contributed by atoms with Crippen molar-refractivity contribution in [2.75, 3.05) is 6.61 Å². The second-order valence-electron chi connectivity index (χ2n) is 7.42. The lowest BCUT2D eigenvalue weighted by molar-refractivity contribution is -0.0751. The van der Waals surface area contributed by atoms with Gasteiger partial charge in [-0.05, 0) is 48.2 Å². The molecule has 138 valence electrons. The highest BCUT2D eigenvalue weighted by molar-refractivity contribution is 6.04. The van der Waals surface area contributed by atoms with Gasteiger partial charge in [0.05, 0.1) is 29.8 Å². The Morgan fingerprint density at radius 3 is 2.81 bits per heavy atom. The third-order valence-electron chi connectivity index (χ3n) is 5.87. The van der Waals surface area contributed by atoms with E-state index in [4.69, 9.17) is 9.72 Å². The summed E-state index contributed by atoms with van der Waals surface area (Å²) in [5.74, 6) is 0.253. The number of phenols is 1. The standard InChI is InChI=1S/C22H22N2O3/c1-3-15-16-7-14(25)5-6-19(16)23-21-17(15)10-24-9-13-11-27-12-22(26,4-2)18(13)8-20(21)24/h5-10,25-26H,3-4,11-12H2,1-2H3/t22-/m1/s1. The number of nitrogens with zero attached hydrogens (tertiary/aromatic N) is 2. The number of ether oxygens (including phenoxy) is 1. The molecule has 0 saturated heterocycles. The van der Waals surface area contributed by atoms with Crippen LogP contribution in [0, 0.1) is 0 Å². The number of benzene rings is 1. The quantitative estimate of drug-likeness (QED) is 0.565. The number of aliphatic hydroxyl groups is 1. The predicted molar refractivity (Wildman–Crippen MR) is 105 cm³/mol. The molecule has 1 aliphatic rings. The second-order valence-corrected chi connectivity index (χ2v) is 7.42. The fourth-order valence-electron chi connectivity index (χ4n) is 4.34. The summed E-state index contributed by atoms with van der Waals surface area (Å²) in [6.45, 7) is 4.93. The number of aryl methyl sites for hydroxylation is 1.